The van der Waals surface area contributed by atoms with Gasteiger partial charge in [-0.2, -0.15) is 0 Å². The van der Waals surface area contributed by atoms with Crippen molar-refractivity contribution in [3.8, 4) is 0 Å². The number of benzene rings is 1. The van der Waals surface area contributed by atoms with Crippen molar-refractivity contribution < 1.29 is 8.42 Å². The monoisotopic (exact) mass is 423 g/mol. The van der Waals surface area contributed by atoms with E-state index in [2.05, 4.69) is 43.2 Å². The van der Waals surface area contributed by atoms with Gasteiger partial charge in [-0.3, -0.25) is 0 Å². The summed E-state index contributed by atoms with van der Waals surface area (Å²) in [5.74, 6) is 0. The molecule has 0 amide bonds. The Morgan fingerprint density at radius 3 is 2.67 bits per heavy atom. The highest BCUT2D eigenvalue weighted by Gasteiger charge is 2.13. The molecule has 1 aromatic carbocycles. The van der Waals surface area contributed by atoms with Crippen LogP contribution in [0.1, 0.15) is 0 Å². The normalized spacial score (nSPS) is 11.7. The van der Waals surface area contributed by atoms with Crippen molar-refractivity contribution in [1.82, 2.24) is 4.72 Å². The van der Waals surface area contributed by atoms with Gasteiger partial charge in [-0.15, -0.1) is 0 Å². The molecule has 15 heavy (non-hydrogen) atoms. The van der Waals surface area contributed by atoms with Crippen molar-refractivity contribution in [2.24, 2.45) is 0 Å². The number of rotatable bonds is 4. The molecule has 0 heterocycles. The first-order valence-corrected chi connectivity index (χ1v) is 8.16. The van der Waals surface area contributed by atoms with Crippen LogP contribution in [0.4, 0.5) is 0 Å². The minimum Gasteiger partial charge on any atom is -0.210 e. The summed E-state index contributed by atoms with van der Waals surface area (Å²) in [4.78, 5) is 0.212. The second-order valence-electron chi connectivity index (χ2n) is 2.66. The van der Waals surface area contributed by atoms with E-state index >= 15 is 0 Å². The smallest absolute Gasteiger partial charge is 0.210 e. The van der Waals surface area contributed by atoms with Gasteiger partial charge in [-0.1, -0.05) is 34.2 Å². The van der Waals surface area contributed by atoms with E-state index < -0.39 is 10.0 Å². The molecule has 1 rings (SSSR count). The Hall–Kier alpha value is 0.630. The Morgan fingerprint density at radius 1 is 1.47 bits per heavy atom. The summed E-state index contributed by atoms with van der Waals surface area (Å²) in [5, 5.41) is 0.489. The second kappa shape index (κ2) is 5.81. The molecule has 84 valence electrons. The van der Waals surface area contributed by atoms with Crippen LogP contribution < -0.4 is 4.72 Å². The van der Waals surface area contributed by atoms with Gasteiger partial charge in [-0.05, 0) is 34.1 Å². The summed E-state index contributed by atoms with van der Waals surface area (Å²) in [6, 6.07) is 4.50. The third-order valence-corrected chi connectivity index (χ3v) is 4.80. The fourth-order valence-corrected chi connectivity index (χ4v) is 3.24. The maximum Gasteiger partial charge on any atom is 0.240 e. The molecule has 0 spiro atoms. The van der Waals surface area contributed by atoms with Crippen molar-refractivity contribution in [3.05, 3.63) is 27.7 Å². The number of sulfonamides is 1. The van der Waals surface area contributed by atoms with Crippen LogP contribution in [0.3, 0.4) is 0 Å². The van der Waals surface area contributed by atoms with Gasteiger partial charge in [0.25, 0.3) is 0 Å². The molecule has 1 N–H and O–H groups in total. The van der Waals surface area contributed by atoms with E-state index in [-0.39, 0.29) is 4.90 Å². The number of nitrogens with one attached hydrogen (secondary N) is 1. The molecule has 1 aromatic rings. The Balaban J connectivity index is 3.00. The molecule has 0 bridgehead atoms. The van der Waals surface area contributed by atoms with Gasteiger partial charge in [0.2, 0.25) is 10.0 Å². The lowest BCUT2D eigenvalue weighted by atomic mass is 10.4. The molecule has 7 heteroatoms. The average molecular weight is 424 g/mol. The molecule has 0 radical (unpaired) electrons. The topological polar surface area (TPSA) is 46.2 Å². The van der Waals surface area contributed by atoms with Crippen LogP contribution >= 0.6 is 50.1 Å². The quantitative estimate of drug-likeness (QED) is 0.597. The molecular formula is C8H8BrClINO2S. The highest BCUT2D eigenvalue weighted by molar-refractivity contribution is 14.1. The highest BCUT2D eigenvalue weighted by Crippen LogP contribution is 2.25. The highest BCUT2D eigenvalue weighted by atomic mass is 127. The van der Waals surface area contributed by atoms with Crippen LogP contribution in [0.15, 0.2) is 27.6 Å². The first-order valence-electron chi connectivity index (χ1n) is 3.98. The van der Waals surface area contributed by atoms with E-state index in [1.54, 1.807) is 6.07 Å². The maximum absolute atomic E-state index is 11.7. The summed E-state index contributed by atoms with van der Waals surface area (Å²) in [6.45, 7) is 0.420. The van der Waals surface area contributed by atoms with E-state index in [4.69, 9.17) is 11.6 Å². The summed E-state index contributed by atoms with van der Waals surface area (Å²) in [5.41, 5.74) is 0. The Bertz CT molecular complexity index is 452. The predicted molar refractivity (Wildman–Crippen MR) is 73.2 cm³/mol. The van der Waals surface area contributed by atoms with Crippen molar-refractivity contribution in [1.29, 1.82) is 0 Å². The largest absolute Gasteiger partial charge is 0.240 e. The van der Waals surface area contributed by atoms with Crippen LogP contribution in [0.2, 0.25) is 5.02 Å². The molecule has 0 unspecified atom stereocenters. The fraction of sp³-hybridized carbons (Fsp3) is 0.250. The summed E-state index contributed by atoms with van der Waals surface area (Å²) in [6.07, 6.45) is 0. The van der Waals surface area contributed by atoms with Crippen LogP contribution in [0.25, 0.3) is 0 Å². The molecule has 0 atom stereocenters. The summed E-state index contributed by atoms with van der Waals surface area (Å²) < 4.78 is 27.1. The third kappa shape index (κ3) is 3.85. The van der Waals surface area contributed by atoms with E-state index in [0.717, 1.165) is 4.43 Å². The number of hydrogen-bond acceptors (Lipinski definition) is 2. The SMILES string of the molecule is O=S(=O)(NCCI)c1ccc(Cl)c(Br)c1. The molecule has 0 aromatic heterocycles. The van der Waals surface area contributed by atoms with Crippen LogP contribution in [0.5, 0.6) is 0 Å². The maximum atomic E-state index is 11.7. The molecule has 0 fully saturated rings. The lowest BCUT2D eigenvalue weighted by molar-refractivity contribution is 0.584. The van der Waals surface area contributed by atoms with E-state index in [1.807, 2.05) is 0 Å². The van der Waals surface area contributed by atoms with Gasteiger partial charge >= 0.3 is 0 Å². The predicted octanol–water partition coefficient (Wildman–Crippen LogP) is 2.82. The van der Waals surface area contributed by atoms with Gasteiger partial charge in [0.05, 0.1) is 9.92 Å². The van der Waals surface area contributed by atoms with Crippen LogP contribution in [0, 0.1) is 0 Å². The van der Waals surface area contributed by atoms with E-state index in [1.165, 1.54) is 12.1 Å². The lowest BCUT2D eigenvalue weighted by Crippen LogP contribution is -2.25. The summed E-state index contributed by atoms with van der Waals surface area (Å²) in [7, 11) is -3.41. The van der Waals surface area contributed by atoms with Gasteiger partial charge < -0.3 is 0 Å². The second-order valence-corrected chi connectivity index (χ2v) is 6.77. The first kappa shape index (κ1) is 13.7. The number of halogens is 3. The molecule has 0 aliphatic heterocycles. The molecular weight excluding hydrogens is 416 g/mol. The van der Waals surface area contributed by atoms with Gasteiger partial charge in [0, 0.05) is 15.4 Å². The van der Waals surface area contributed by atoms with Crippen molar-refractivity contribution in [3.63, 3.8) is 0 Å². The van der Waals surface area contributed by atoms with Crippen molar-refractivity contribution in [2.75, 3.05) is 11.0 Å². The standard InChI is InChI=1S/C8H8BrClINO2S/c9-7-5-6(1-2-8(7)10)15(13,14)12-4-3-11/h1-2,5,12H,3-4H2. The molecule has 3 nitrogen and oxygen atoms in total. The fourth-order valence-electron chi connectivity index (χ4n) is 0.900. The zero-order valence-corrected chi connectivity index (χ0v) is 12.8. The molecule has 0 aliphatic rings. The number of alkyl halides is 1. The van der Waals surface area contributed by atoms with Gasteiger partial charge in [0.1, 0.15) is 0 Å². The minimum atomic E-state index is -3.41. The zero-order valence-electron chi connectivity index (χ0n) is 7.50. The first-order chi connectivity index (χ1) is 6.97. The van der Waals surface area contributed by atoms with Gasteiger partial charge in [0.15, 0.2) is 0 Å². The van der Waals surface area contributed by atoms with Crippen LogP contribution in [-0.2, 0) is 10.0 Å². The van der Waals surface area contributed by atoms with Crippen molar-refractivity contribution in [2.45, 2.75) is 4.90 Å². The molecule has 0 aliphatic carbocycles. The zero-order chi connectivity index (χ0) is 11.5. The molecule has 0 saturated heterocycles. The average Bonchev–Trinajstić information content (AvgIpc) is 2.19. The van der Waals surface area contributed by atoms with Gasteiger partial charge in [-0.25, -0.2) is 13.1 Å². The van der Waals surface area contributed by atoms with E-state index in [9.17, 15) is 8.42 Å². The lowest BCUT2D eigenvalue weighted by Gasteiger charge is -2.06. The van der Waals surface area contributed by atoms with Crippen molar-refractivity contribution >= 4 is 60.1 Å². The van der Waals surface area contributed by atoms with E-state index in [0.29, 0.717) is 16.0 Å². The molecule has 0 saturated carbocycles. The Morgan fingerprint density at radius 2 is 2.13 bits per heavy atom. The minimum absolute atomic E-state index is 0.212. The Labute approximate surface area is 116 Å². The Kier molecular flexibility index (Phi) is 5.30. The summed E-state index contributed by atoms with van der Waals surface area (Å²) >= 11 is 11.1. The van der Waals surface area contributed by atoms with Crippen LogP contribution in [-0.4, -0.2) is 19.4 Å². The number of hydrogen-bond donors (Lipinski definition) is 1. The third-order valence-electron chi connectivity index (χ3n) is 1.59.